The molecule has 0 unspecified atom stereocenters. The Morgan fingerprint density at radius 3 is 2.47 bits per heavy atom. The minimum atomic E-state index is -0.324. The standard InChI is InChI=1S/C12H10O3/c1-14-10-4-2-9(3-5-10)8-11-6-7-12(13)15-11/h2-8H,1H3. The molecule has 0 atom stereocenters. The summed E-state index contributed by atoms with van der Waals surface area (Å²) in [5, 5.41) is 0. The number of hydrogen-bond acceptors (Lipinski definition) is 3. The highest BCUT2D eigenvalue weighted by atomic mass is 16.5. The number of benzene rings is 1. The van der Waals surface area contributed by atoms with Gasteiger partial charge in [-0.3, -0.25) is 0 Å². The van der Waals surface area contributed by atoms with Crippen LogP contribution in [0.3, 0.4) is 0 Å². The first-order chi connectivity index (χ1) is 7.28. The summed E-state index contributed by atoms with van der Waals surface area (Å²) in [6.07, 6.45) is 4.84. The number of carbonyl (C=O) groups is 1. The Labute approximate surface area is 87.6 Å². The summed E-state index contributed by atoms with van der Waals surface area (Å²) >= 11 is 0. The van der Waals surface area contributed by atoms with Crippen molar-refractivity contribution in [2.75, 3.05) is 7.11 Å². The van der Waals surface area contributed by atoms with Gasteiger partial charge in [-0.15, -0.1) is 0 Å². The molecule has 0 bridgehead atoms. The fourth-order valence-corrected chi connectivity index (χ4v) is 1.28. The number of allylic oxidation sites excluding steroid dienone is 1. The van der Waals surface area contributed by atoms with E-state index in [1.165, 1.54) is 6.08 Å². The van der Waals surface area contributed by atoms with E-state index in [4.69, 9.17) is 9.47 Å². The third-order valence-corrected chi connectivity index (χ3v) is 2.03. The zero-order valence-electron chi connectivity index (χ0n) is 8.27. The van der Waals surface area contributed by atoms with E-state index >= 15 is 0 Å². The molecule has 1 aromatic carbocycles. The highest BCUT2D eigenvalue weighted by Crippen LogP contribution is 2.17. The van der Waals surface area contributed by atoms with Crippen molar-refractivity contribution in [1.82, 2.24) is 0 Å². The highest BCUT2D eigenvalue weighted by Gasteiger charge is 2.08. The van der Waals surface area contributed by atoms with Crippen LogP contribution >= 0.6 is 0 Å². The summed E-state index contributed by atoms with van der Waals surface area (Å²) in [5.41, 5.74) is 0.963. The lowest BCUT2D eigenvalue weighted by Gasteiger charge is -2.00. The number of hydrogen-bond donors (Lipinski definition) is 0. The van der Waals surface area contributed by atoms with Crippen LogP contribution in [0.2, 0.25) is 0 Å². The fraction of sp³-hybridized carbons (Fsp3) is 0.0833. The number of cyclic esters (lactones) is 1. The molecule has 0 aliphatic carbocycles. The second-order valence-electron chi connectivity index (χ2n) is 3.07. The van der Waals surface area contributed by atoms with E-state index in [1.54, 1.807) is 19.3 Å². The van der Waals surface area contributed by atoms with Crippen molar-refractivity contribution in [3.8, 4) is 5.75 Å². The van der Waals surface area contributed by atoms with E-state index < -0.39 is 0 Å². The van der Waals surface area contributed by atoms with Crippen LogP contribution in [0, 0.1) is 0 Å². The quantitative estimate of drug-likeness (QED) is 0.689. The van der Waals surface area contributed by atoms with Crippen molar-refractivity contribution in [2.45, 2.75) is 0 Å². The zero-order valence-corrected chi connectivity index (χ0v) is 8.27. The molecular formula is C12H10O3. The second kappa shape index (κ2) is 4.00. The number of esters is 1. The summed E-state index contributed by atoms with van der Waals surface area (Å²) in [4.78, 5) is 10.8. The van der Waals surface area contributed by atoms with E-state index in [0.717, 1.165) is 11.3 Å². The first kappa shape index (κ1) is 9.52. The van der Waals surface area contributed by atoms with Crippen LogP contribution in [-0.4, -0.2) is 13.1 Å². The second-order valence-corrected chi connectivity index (χ2v) is 3.07. The fourth-order valence-electron chi connectivity index (χ4n) is 1.28. The van der Waals surface area contributed by atoms with Crippen LogP contribution in [0.5, 0.6) is 5.75 Å². The predicted molar refractivity (Wildman–Crippen MR) is 56.2 cm³/mol. The van der Waals surface area contributed by atoms with Gasteiger partial charge >= 0.3 is 5.97 Å². The van der Waals surface area contributed by atoms with Crippen LogP contribution in [0.1, 0.15) is 5.56 Å². The van der Waals surface area contributed by atoms with Gasteiger partial charge in [-0.05, 0) is 29.8 Å². The van der Waals surface area contributed by atoms with E-state index in [-0.39, 0.29) is 5.97 Å². The maximum atomic E-state index is 10.8. The first-order valence-corrected chi connectivity index (χ1v) is 4.53. The molecule has 0 saturated carbocycles. The Morgan fingerprint density at radius 1 is 1.20 bits per heavy atom. The van der Waals surface area contributed by atoms with Crippen molar-refractivity contribution in [3.05, 3.63) is 47.7 Å². The molecule has 1 aliphatic rings. The molecule has 2 rings (SSSR count). The third kappa shape index (κ3) is 2.26. The number of carbonyl (C=O) groups excluding carboxylic acids is 1. The Kier molecular flexibility index (Phi) is 2.54. The lowest BCUT2D eigenvalue weighted by Crippen LogP contribution is -1.90. The van der Waals surface area contributed by atoms with Crippen molar-refractivity contribution >= 4 is 12.0 Å². The van der Waals surface area contributed by atoms with Gasteiger partial charge in [0.05, 0.1) is 7.11 Å². The number of methoxy groups -OCH3 is 1. The van der Waals surface area contributed by atoms with Gasteiger partial charge in [-0.1, -0.05) is 12.1 Å². The molecule has 0 fully saturated rings. The van der Waals surface area contributed by atoms with E-state index in [1.807, 2.05) is 24.3 Å². The van der Waals surface area contributed by atoms with Crippen LogP contribution < -0.4 is 4.74 Å². The van der Waals surface area contributed by atoms with Crippen molar-refractivity contribution in [3.63, 3.8) is 0 Å². The molecule has 0 amide bonds. The van der Waals surface area contributed by atoms with Crippen molar-refractivity contribution in [1.29, 1.82) is 0 Å². The smallest absolute Gasteiger partial charge is 0.336 e. The minimum absolute atomic E-state index is 0.324. The van der Waals surface area contributed by atoms with Gasteiger partial charge in [-0.2, -0.15) is 0 Å². The van der Waals surface area contributed by atoms with Gasteiger partial charge in [0, 0.05) is 6.08 Å². The molecule has 0 saturated heterocycles. The van der Waals surface area contributed by atoms with Crippen LogP contribution in [-0.2, 0) is 9.53 Å². The Bertz CT molecular complexity index is 427. The molecular weight excluding hydrogens is 192 g/mol. The van der Waals surface area contributed by atoms with Crippen molar-refractivity contribution < 1.29 is 14.3 Å². The van der Waals surface area contributed by atoms with Crippen LogP contribution in [0.25, 0.3) is 6.08 Å². The molecule has 0 N–H and O–H groups in total. The van der Waals surface area contributed by atoms with E-state index in [9.17, 15) is 4.79 Å². The summed E-state index contributed by atoms with van der Waals surface area (Å²) in [6.45, 7) is 0. The molecule has 0 spiro atoms. The molecule has 0 radical (unpaired) electrons. The number of rotatable bonds is 2. The predicted octanol–water partition coefficient (Wildman–Crippen LogP) is 2.15. The molecule has 1 aromatic rings. The average Bonchev–Trinajstić information content (AvgIpc) is 2.65. The highest BCUT2D eigenvalue weighted by molar-refractivity contribution is 5.87. The largest absolute Gasteiger partial charge is 0.497 e. The lowest BCUT2D eigenvalue weighted by atomic mass is 10.2. The van der Waals surface area contributed by atoms with Gasteiger partial charge < -0.3 is 9.47 Å². The molecule has 0 aromatic heterocycles. The molecule has 1 heterocycles. The molecule has 3 heteroatoms. The lowest BCUT2D eigenvalue weighted by molar-refractivity contribution is -0.132. The maximum absolute atomic E-state index is 10.8. The van der Waals surface area contributed by atoms with Gasteiger partial charge in [-0.25, -0.2) is 4.79 Å². The third-order valence-electron chi connectivity index (χ3n) is 2.03. The zero-order chi connectivity index (χ0) is 10.7. The Morgan fingerprint density at radius 2 is 1.93 bits per heavy atom. The summed E-state index contributed by atoms with van der Waals surface area (Å²) in [7, 11) is 1.62. The Hall–Kier alpha value is -2.03. The molecule has 3 nitrogen and oxygen atoms in total. The number of ether oxygens (including phenoxy) is 2. The molecule has 1 aliphatic heterocycles. The van der Waals surface area contributed by atoms with Gasteiger partial charge in [0.15, 0.2) is 0 Å². The Balaban J connectivity index is 2.17. The van der Waals surface area contributed by atoms with Crippen LogP contribution in [0.4, 0.5) is 0 Å². The van der Waals surface area contributed by atoms with Crippen molar-refractivity contribution in [2.24, 2.45) is 0 Å². The van der Waals surface area contributed by atoms with Gasteiger partial charge in [0.1, 0.15) is 11.5 Å². The van der Waals surface area contributed by atoms with Gasteiger partial charge in [0.25, 0.3) is 0 Å². The summed E-state index contributed by atoms with van der Waals surface area (Å²) in [5.74, 6) is 1.04. The normalized spacial score (nSPS) is 16.9. The monoisotopic (exact) mass is 202 g/mol. The van der Waals surface area contributed by atoms with Crippen LogP contribution in [0.15, 0.2) is 42.2 Å². The molecule has 15 heavy (non-hydrogen) atoms. The SMILES string of the molecule is COc1ccc(C=C2C=CC(=O)O2)cc1. The minimum Gasteiger partial charge on any atom is -0.497 e. The first-order valence-electron chi connectivity index (χ1n) is 4.53. The topological polar surface area (TPSA) is 35.5 Å². The maximum Gasteiger partial charge on any atom is 0.336 e. The summed E-state index contributed by atoms with van der Waals surface area (Å²) in [6, 6.07) is 7.50. The van der Waals surface area contributed by atoms with E-state index in [2.05, 4.69) is 0 Å². The van der Waals surface area contributed by atoms with E-state index in [0.29, 0.717) is 5.76 Å². The van der Waals surface area contributed by atoms with Gasteiger partial charge in [0.2, 0.25) is 0 Å². The average molecular weight is 202 g/mol. The molecule has 76 valence electrons. The summed E-state index contributed by atoms with van der Waals surface area (Å²) < 4.78 is 9.94.